The van der Waals surface area contributed by atoms with E-state index in [1.165, 1.54) is 18.2 Å². The van der Waals surface area contributed by atoms with Gasteiger partial charge in [0.2, 0.25) is 10.0 Å². The van der Waals surface area contributed by atoms with Gasteiger partial charge in [-0.15, -0.1) is 0 Å². The van der Waals surface area contributed by atoms with Gasteiger partial charge < -0.3 is 5.11 Å². The molecular weight excluding hydrogens is 358 g/mol. The van der Waals surface area contributed by atoms with Crippen LogP contribution >= 0.6 is 15.9 Å². The molecule has 1 aromatic rings. The Morgan fingerprint density at radius 1 is 1.43 bits per heavy atom. The minimum absolute atomic E-state index is 0.0624. The predicted octanol–water partition coefficient (Wildman–Crippen LogP) is 3.10. The zero-order valence-corrected chi connectivity index (χ0v) is 14.2. The third kappa shape index (κ3) is 3.64. The van der Waals surface area contributed by atoms with Gasteiger partial charge in [-0.3, -0.25) is 0 Å². The van der Waals surface area contributed by atoms with E-state index in [4.69, 9.17) is 5.11 Å². The summed E-state index contributed by atoms with van der Waals surface area (Å²) in [5, 5.41) is 8.95. The van der Waals surface area contributed by atoms with E-state index >= 15 is 0 Å². The first-order chi connectivity index (χ1) is 9.87. The predicted molar refractivity (Wildman–Crippen MR) is 82.9 cm³/mol. The van der Waals surface area contributed by atoms with Crippen LogP contribution in [0.1, 0.15) is 43.0 Å². The normalized spacial score (nSPS) is 15.4. The average Bonchev–Trinajstić information content (AvgIpc) is 3.23. The number of rotatable bonds is 7. The van der Waals surface area contributed by atoms with E-state index in [1.54, 1.807) is 4.31 Å². The van der Waals surface area contributed by atoms with Crippen LogP contribution in [0, 0.1) is 0 Å². The van der Waals surface area contributed by atoms with E-state index in [2.05, 4.69) is 15.9 Å². The number of aromatic carboxylic acids is 1. The van der Waals surface area contributed by atoms with Crippen molar-refractivity contribution in [3.05, 3.63) is 28.2 Å². The Morgan fingerprint density at radius 2 is 2.10 bits per heavy atom. The molecule has 0 heterocycles. The standard InChI is InChI=1S/C14H18BrNO4S/c1-2-3-8-16(11-5-6-11)21(19,20)13-7-4-10(14(17)18)9-12(13)15/h4,7,9,11H,2-3,5-6,8H2,1H3,(H,17,18). The van der Waals surface area contributed by atoms with E-state index in [0.717, 1.165) is 25.7 Å². The van der Waals surface area contributed by atoms with Crippen LogP contribution in [0.3, 0.4) is 0 Å². The first-order valence-corrected chi connectivity index (χ1v) is 9.16. The van der Waals surface area contributed by atoms with E-state index in [9.17, 15) is 13.2 Å². The van der Waals surface area contributed by atoms with Crippen LogP contribution < -0.4 is 0 Å². The molecule has 5 nitrogen and oxygen atoms in total. The molecule has 0 aliphatic heterocycles. The molecule has 0 spiro atoms. The highest BCUT2D eigenvalue weighted by Crippen LogP contribution is 2.34. The number of carboxylic acid groups (broad SMARTS) is 1. The van der Waals surface area contributed by atoms with Crippen LogP contribution in [0.4, 0.5) is 0 Å². The van der Waals surface area contributed by atoms with Crippen molar-refractivity contribution in [1.29, 1.82) is 0 Å². The Kier molecular flexibility index (Phi) is 5.06. The SMILES string of the molecule is CCCCN(C1CC1)S(=O)(=O)c1ccc(C(=O)O)cc1Br. The molecule has 1 N–H and O–H groups in total. The summed E-state index contributed by atoms with van der Waals surface area (Å²) in [6.07, 6.45) is 3.54. The van der Waals surface area contributed by atoms with Crippen LogP contribution in [-0.4, -0.2) is 36.4 Å². The summed E-state index contributed by atoms with van der Waals surface area (Å²) in [7, 11) is -3.59. The average molecular weight is 376 g/mol. The van der Waals surface area contributed by atoms with E-state index < -0.39 is 16.0 Å². The maximum Gasteiger partial charge on any atom is 0.335 e. The fraction of sp³-hybridized carbons (Fsp3) is 0.500. The fourth-order valence-corrected chi connectivity index (χ4v) is 4.91. The van der Waals surface area contributed by atoms with E-state index in [0.29, 0.717) is 11.0 Å². The van der Waals surface area contributed by atoms with Gasteiger partial charge in [-0.1, -0.05) is 13.3 Å². The lowest BCUT2D eigenvalue weighted by Crippen LogP contribution is -2.34. The van der Waals surface area contributed by atoms with Gasteiger partial charge in [0.15, 0.2) is 0 Å². The Balaban J connectivity index is 2.35. The fourth-order valence-electron chi connectivity index (χ4n) is 2.14. The number of benzene rings is 1. The van der Waals surface area contributed by atoms with Crippen molar-refractivity contribution in [1.82, 2.24) is 4.31 Å². The molecule has 7 heteroatoms. The summed E-state index contributed by atoms with van der Waals surface area (Å²) in [6, 6.07) is 4.11. The maximum atomic E-state index is 12.8. The van der Waals surface area contributed by atoms with Gasteiger partial charge in [0.1, 0.15) is 0 Å². The third-order valence-corrected chi connectivity index (χ3v) is 6.38. The van der Waals surface area contributed by atoms with Gasteiger partial charge in [0.25, 0.3) is 0 Å². The monoisotopic (exact) mass is 375 g/mol. The van der Waals surface area contributed by atoms with Crippen LogP contribution in [0.15, 0.2) is 27.6 Å². The summed E-state index contributed by atoms with van der Waals surface area (Å²) in [5.74, 6) is -1.08. The Hall–Kier alpha value is -0.920. The number of carbonyl (C=O) groups is 1. The number of unbranched alkanes of at least 4 members (excludes halogenated alkanes) is 1. The van der Waals surface area contributed by atoms with Crippen molar-refractivity contribution in [2.75, 3.05) is 6.54 Å². The van der Waals surface area contributed by atoms with Crippen molar-refractivity contribution < 1.29 is 18.3 Å². The molecule has 0 atom stereocenters. The smallest absolute Gasteiger partial charge is 0.335 e. The third-order valence-electron chi connectivity index (χ3n) is 3.45. The summed E-state index contributed by atoms with van der Waals surface area (Å²) in [6.45, 7) is 2.53. The van der Waals surface area contributed by atoms with Crippen molar-refractivity contribution in [2.45, 2.75) is 43.5 Å². The molecule has 2 rings (SSSR count). The van der Waals surface area contributed by atoms with Crippen LogP contribution in [0.2, 0.25) is 0 Å². The number of sulfonamides is 1. The van der Waals surface area contributed by atoms with Gasteiger partial charge >= 0.3 is 5.97 Å². The molecule has 1 fully saturated rings. The Bertz CT molecular complexity index is 640. The largest absolute Gasteiger partial charge is 0.478 e. The molecule has 0 aromatic heterocycles. The first kappa shape index (κ1) is 16.5. The summed E-state index contributed by atoms with van der Waals surface area (Å²) < 4.78 is 27.4. The second kappa shape index (κ2) is 6.46. The lowest BCUT2D eigenvalue weighted by molar-refractivity contribution is 0.0696. The van der Waals surface area contributed by atoms with Gasteiger partial charge in [0, 0.05) is 17.1 Å². The van der Waals surface area contributed by atoms with E-state index in [-0.39, 0.29) is 16.5 Å². The summed E-state index contributed by atoms with van der Waals surface area (Å²) >= 11 is 3.19. The quantitative estimate of drug-likeness (QED) is 0.794. The molecular formula is C14H18BrNO4S. The minimum Gasteiger partial charge on any atom is -0.478 e. The maximum absolute atomic E-state index is 12.8. The molecule has 0 saturated heterocycles. The van der Waals surface area contributed by atoms with Crippen molar-refractivity contribution in [3.8, 4) is 0 Å². The topological polar surface area (TPSA) is 74.7 Å². The summed E-state index contributed by atoms with van der Waals surface area (Å²) in [5.41, 5.74) is 0.0624. The molecule has 1 aliphatic rings. The lowest BCUT2D eigenvalue weighted by atomic mass is 10.2. The lowest BCUT2D eigenvalue weighted by Gasteiger charge is -2.22. The summed E-state index contributed by atoms with van der Waals surface area (Å²) in [4.78, 5) is 11.1. The highest BCUT2D eigenvalue weighted by atomic mass is 79.9. The molecule has 0 radical (unpaired) electrons. The molecule has 0 amide bonds. The van der Waals surface area contributed by atoms with Crippen LogP contribution in [0.5, 0.6) is 0 Å². The molecule has 0 bridgehead atoms. The highest BCUT2D eigenvalue weighted by molar-refractivity contribution is 9.10. The Labute approximate surface area is 133 Å². The minimum atomic E-state index is -3.59. The van der Waals surface area contributed by atoms with Crippen molar-refractivity contribution >= 4 is 31.9 Å². The van der Waals surface area contributed by atoms with Crippen LogP contribution in [0.25, 0.3) is 0 Å². The number of nitrogens with zero attached hydrogens (tertiary/aromatic N) is 1. The van der Waals surface area contributed by atoms with E-state index in [1.807, 2.05) is 6.92 Å². The molecule has 0 unspecified atom stereocenters. The van der Waals surface area contributed by atoms with Crippen molar-refractivity contribution in [2.24, 2.45) is 0 Å². The molecule has 116 valence electrons. The Morgan fingerprint density at radius 3 is 2.57 bits per heavy atom. The highest BCUT2D eigenvalue weighted by Gasteiger charge is 2.38. The molecule has 1 saturated carbocycles. The second-order valence-electron chi connectivity index (χ2n) is 5.15. The molecule has 1 aliphatic carbocycles. The van der Waals surface area contributed by atoms with Gasteiger partial charge in [0.05, 0.1) is 10.5 Å². The number of hydrogen-bond donors (Lipinski definition) is 1. The zero-order valence-electron chi connectivity index (χ0n) is 11.8. The molecule has 21 heavy (non-hydrogen) atoms. The first-order valence-electron chi connectivity index (χ1n) is 6.92. The van der Waals surface area contributed by atoms with Gasteiger partial charge in [-0.2, -0.15) is 4.31 Å². The number of halogens is 1. The molecule has 1 aromatic carbocycles. The van der Waals surface area contributed by atoms with Crippen LogP contribution in [-0.2, 0) is 10.0 Å². The van der Waals surface area contributed by atoms with Crippen molar-refractivity contribution in [3.63, 3.8) is 0 Å². The zero-order chi connectivity index (χ0) is 15.6. The second-order valence-corrected chi connectivity index (χ2v) is 7.86. The van der Waals surface area contributed by atoms with Gasteiger partial charge in [-0.05, 0) is 53.4 Å². The van der Waals surface area contributed by atoms with Gasteiger partial charge in [-0.25, -0.2) is 13.2 Å². The number of hydrogen-bond acceptors (Lipinski definition) is 3. The number of carboxylic acids is 1.